The van der Waals surface area contributed by atoms with Crippen LogP contribution in [-0.2, 0) is 0 Å². The van der Waals surface area contributed by atoms with Crippen molar-refractivity contribution in [3.05, 3.63) is 40.7 Å². The maximum absolute atomic E-state index is 4.93. The van der Waals surface area contributed by atoms with Crippen molar-refractivity contribution in [2.24, 2.45) is 0 Å². The van der Waals surface area contributed by atoms with E-state index < -0.39 is 0 Å². The van der Waals surface area contributed by atoms with Crippen LogP contribution >= 0.6 is 11.3 Å². The van der Waals surface area contributed by atoms with Crippen LogP contribution in [-0.4, -0.2) is 35.0 Å². The minimum Gasteiger partial charge on any atom is -0.360 e. The Morgan fingerprint density at radius 1 is 1.24 bits per heavy atom. The van der Waals surface area contributed by atoms with Gasteiger partial charge in [-0.05, 0) is 68.0 Å². The molecule has 0 unspecified atom stereocenters. The van der Waals surface area contributed by atoms with Gasteiger partial charge in [-0.3, -0.25) is 0 Å². The summed E-state index contributed by atoms with van der Waals surface area (Å²) < 4.78 is 0. The first-order chi connectivity index (χ1) is 10.3. The maximum Gasteiger partial charge on any atom is 0.0921 e. The second-order valence-electron chi connectivity index (χ2n) is 5.93. The minimum absolute atomic E-state index is 0.639. The molecule has 1 aliphatic heterocycles. The Balaban J connectivity index is 1.74. The summed E-state index contributed by atoms with van der Waals surface area (Å²) in [5.74, 6) is 0.639. The van der Waals surface area contributed by atoms with E-state index in [0.717, 1.165) is 16.7 Å². The number of piperidine rings is 1. The van der Waals surface area contributed by atoms with E-state index in [1.165, 1.54) is 37.1 Å². The highest BCUT2D eigenvalue weighted by Crippen LogP contribution is 2.33. The first-order valence-electron chi connectivity index (χ1n) is 7.50. The Hall–Kier alpha value is -1.65. The number of likely N-dealkylation sites (tertiary alicyclic amines) is 1. The van der Waals surface area contributed by atoms with Gasteiger partial charge in [0, 0.05) is 17.1 Å². The zero-order chi connectivity index (χ0) is 14.2. The van der Waals surface area contributed by atoms with E-state index in [4.69, 9.17) is 4.98 Å². The van der Waals surface area contributed by atoms with Crippen molar-refractivity contribution in [1.29, 1.82) is 0 Å². The molecule has 3 nitrogen and oxygen atoms in total. The number of hydrogen-bond donors (Lipinski definition) is 1. The van der Waals surface area contributed by atoms with Crippen LogP contribution in [0.5, 0.6) is 0 Å². The van der Waals surface area contributed by atoms with Gasteiger partial charge in [-0.2, -0.15) is 11.3 Å². The molecule has 0 saturated carbocycles. The molecule has 3 aromatic heterocycles. The molecule has 108 valence electrons. The summed E-state index contributed by atoms with van der Waals surface area (Å²) in [5, 5.41) is 4.27. The highest BCUT2D eigenvalue weighted by Gasteiger charge is 2.21. The first kappa shape index (κ1) is 13.0. The van der Waals surface area contributed by atoms with E-state index in [2.05, 4.69) is 52.1 Å². The van der Waals surface area contributed by atoms with Crippen LogP contribution in [0.1, 0.15) is 24.3 Å². The van der Waals surface area contributed by atoms with Gasteiger partial charge in [0.2, 0.25) is 0 Å². The van der Waals surface area contributed by atoms with E-state index in [-0.39, 0.29) is 0 Å². The predicted octanol–water partition coefficient (Wildman–Crippen LogP) is 4.10. The van der Waals surface area contributed by atoms with Crippen LogP contribution < -0.4 is 0 Å². The first-order valence-corrected chi connectivity index (χ1v) is 8.44. The molecular weight excluding hydrogens is 278 g/mol. The van der Waals surface area contributed by atoms with Gasteiger partial charge in [0.25, 0.3) is 0 Å². The summed E-state index contributed by atoms with van der Waals surface area (Å²) in [5.41, 5.74) is 6.02. The number of thiophene rings is 1. The van der Waals surface area contributed by atoms with Crippen molar-refractivity contribution < 1.29 is 0 Å². The zero-order valence-electron chi connectivity index (χ0n) is 12.2. The molecule has 1 saturated heterocycles. The van der Waals surface area contributed by atoms with Crippen LogP contribution in [0.4, 0.5) is 0 Å². The average molecular weight is 297 g/mol. The molecule has 0 spiro atoms. The zero-order valence-corrected chi connectivity index (χ0v) is 13.0. The largest absolute Gasteiger partial charge is 0.360 e. The monoisotopic (exact) mass is 297 g/mol. The van der Waals surface area contributed by atoms with Crippen molar-refractivity contribution >= 4 is 22.4 Å². The minimum atomic E-state index is 0.639. The molecule has 0 radical (unpaired) electrons. The van der Waals surface area contributed by atoms with Crippen LogP contribution in [0.15, 0.2) is 35.2 Å². The molecule has 4 rings (SSSR count). The van der Waals surface area contributed by atoms with Gasteiger partial charge in [0.1, 0.15) is 0 Å². The third-order valence-electron chi connectivity index (χ3n) is 4.53. The number of rotatable bonds is 2. The third kappa shape index (κ3) is 2.39. The maximum atomic E-state index is 4.93. The lowest BCUT2D eigenvalue weighted by Crippen LogP contribution is -2.29. The van der Waals surface area contributed by atoms with Crippen molar-refractivity contribution in [2.45, 2.75) is 18.8 Å². The molecule has 21 heavy (non-hydrogen) atoms. The molecule has 0 aromatic carbocycles. The van der Waals surface area contributed by atoms with E-state index in [1.54, 1.807) is 11.3 Å². The molecule has 4 heteroatoms. The standard InChI is InChI=1S/C17H19N3S/c1-20-7-4-12(5-8-20)14-10-18-16-3-2-15(19-17(14)16)13-6-9-21-11-13/h2-3,6,9-12,18H,4-5,7-8H2,1H3. The quantitative estimate of drug-likeness (QED) is 0.772. The summed E-state index contributed by atoms with van der Waals surface area (Å²) in [6.45, 7) is 2.36. The van der Waals surface area contributed by atoms with Gasteiger partial charge in [-0.25, -0.2) is 4.98 Å². The van der Waals surface area contributed by atoms with Crippen molar-refractivity contribution in [2.75, 3.05) is 20.1 Å². The number of aromatic nitrogens is 2. The topological polar surface area (TPSA) is 31.9 Å². The highest BCUT2D eigenvalue weighted by molar-refractivity contribution is 7.08. The summed E-state index contributed by atoms with van der Waals surface area (Å²) in [7, 11) is 2.21. The lowest BCUT2D eigenvalue weighted by Gasteiger charge is -2.28. The summed E-state index contributed by atoms with van der Waals surface area (Å²) in [6.07, 6.45) is 4.63. The molecule has 1 aliphatic rings. The normalized spacial score (nSPS) is 17.6. The second kappa shape index (κ2) is 5.28. The molecule has 1 N–H and O–H groups in total. The number of fused-ring (bicyclic) bond motifs is 1. The van der Waals surface area contributed by atoms with Crippen molar-refractivity contribution in [3.63, 3.8) is 0 Å². The molecule has 1 fully saturated rings. The number of H-pyrrole nitrogens is 1. The third-order valence-corrected chi connectivity index (χ3v) is 5.21. The number of hydrogen-bond acceptors (Lipinski definition) is 3. The highest BCUT2D eigenvalue weighted by atomic mass is 32.1. The molecule has 0 atom stereocenters. The van der Waals surface area contributed by atoms with Gasteiger partial charge in [0.05, 0.1) is 16.7 Å². The Kier molecular flexibility index (Phi) is 3.28. The molecule has 4 heterocycles. The molecule has 0 aliphatic carbocycles. The molecule has 3 aromatic rings. The average Bonchev–Trinajstić information content (AvgIpc) is 3.17. The van der Waals surface area contributed by atoms with Crippen LogP contribution in [0.2, 0.25) is 0 Å². The lowest BCUT2D eigenvalue weighted by atomic mass is 9.90. The second-order valence-corrected chi connectivity index (χ2v) is 6.71. The number of aromatic amines is 1. The number of nitrogens with zero attached hydrogens (tertiary/aromatic N) is 2. The van der Waals surface area contributed by atoms with E-state index in [9.17, 15) is 0 Å². The summed E-state index contributed by atoms with van der Waals surface area (Å²) in [6, 6.07) is 6.41. The Labute approximate surface area is 128 Å². The number of pyridine rings is 1. The van der Waals surface area contributed by atoms with Crippen LogP contribution in [0.25, 0.3) is 22.3 Å². The van der Waals surface area contributed by atoms with Gasteiger partial charge in [-0.15, -0.1) is 0 Å². The fourth-order valence-corrected chi connectivity index (χ4v) is 3.87. The van der Waals surface area contributed by atoms with E-state index in [1.807, 2.05) is 0 Å². The predicted molar refractivity (Wildman–Crippen MR) is 88.9 cm³/mol. The smallest absolute Gasteiger partial charge is 0.0921 e. The van der Waals surface area contributed by atoms with Crippen LogP contribution in [0, 0.1) is 0 Å². The Morgan fingerprint density at radius 3 is 2.86 bits per heavy atom. The number of nitrogens with one attached hydrogen (secondary N) is 1. The summed E-state index contributed by atoms with van der Waals surface area (Å²) in [4.78, 5) is 10.7. The summed E-state index contributed by atoms with van der Waals surface area (Å²) >= 11 is 1.72. The molecule has 0 amide bonds. The fourth-order valence-electron chi connectivity index (χ4n) is 3.22. The van der Waals surface area contributed by atoms with E-state index >= 15 is 0 Å². The molecular formula is C17H19N3S. The van der Waals surface area contributed by atoms with Gasteiger partial charge < -0.3 is 9.88 Å². The van der Waals surface area contributed by atoms with Crippen molar-refractivity contribution in [1.82, 2.24) is 14.9 Å². The lowest BCUT2D eigenvalue weighted by molar-refractivity contribution is 0.256. The van der Waals surface area contributed by atoms with E-state index in [0.29, 0.717) is 5.92 Å². The Morgan fingerprint density at radius 2 is 2.10 bits per heavy atom. The molecule has 0 bridgehead atoms. The SMILES string of the molecule is CN1CCC(c2c[nH]c3ccc(-c4ccsc4)nc23)CC1. The fraction of sp³-hybridized carbons (Fsp3) is 0.353. The van der Waals surface area contributed by atoms with Crippen molar-refractivity contribution in [3.8, 4) is 11.3 Å². The van der Waals surface area contributed by atoms with Gasteiger partial charge >= 0.3 is 0 Å². The Bertz CT molecular complexity index is 737. The van der Waals surface area contributed by atoms with Gasteiger partial charge in [0.15, 0.2) is 0 Å². The van der Waals surface area contributed by atoms with Crippen LogP contribution in [0.3, 0.4) is 0 Å². The van der Waals surface area contributed by atoms with Gasteiger partial charge in [-0.1, -0.05) is 0 Å².